The van der Waals surface area contributed by atoms with E-state index in [1.54, 1.807) is 6.07 Å². The molecule has 0 N–H and O–H groups in total. The van der Waals surface area contributed by atoms with Crippen molar-refractivity contribution in [3.8, 4) is 6.07 Å². The van der Waals surface area contributed by atoms with E-state index in [1.807, 2.05) is 9.24 Å². The number of alkyl halides is 3. The van der Waals surface area contributed by atoms with Gasteiger partial charge in [0.25, 0.3) is 5.92 Å². The van der Waals surface area contributed by atoms with Gasteiger partial charge in [-0.05, 0) is 19.1 Å². The van der Waals surface area contributed by atoms with Gasteiger partial charge in [-0.3, -0.25) is 4.98 Å². The molecule has 1 rings (SSSR count). The lowest BCUT2D eigenvalue weighted by atomic mass is 10.1. The Labute approximate surface area is 100 Å². The lowest BCUT2D eigenvalue weighted by Gasteiger charge is -2.18. The van der Waals surface area contributed by atoms with E-state index in [-0.39, 0.29) is 23.4 Å². The molecule has 2 nitrogen and oxygen atoms in total. The Morgan fingerprint density at radius 3 is 2.35 bits per heavy atom. The molecule has 0 spiro atoms. The Kier molecular flexibility index (Phi) is 3.78. The highest BCUT2D eigenvalue weighted by Gasteiger charge is 2.29. The van der Waals surface area contributed by atoms with E-state index < -0.39 is 11.3 Å². The molecule has 0 aromatic carbocycles. The molecule has 1 aromatic heterocycles. The Morgan fingerprint density at radius 2 is 1.94 bits per heavy atom. The summed E-state index contributed by atoms with van der Waals surface area (Å²) in [5.74, 6) is -3.09. The van der Waals surface area contributed by atoms with Crippen LogP contribution in [0.4, 0.5) is 13.2 Å². The number of nitriles is 1. The van der Waals surface area contributed by atoms with Gasteiger partial charge in [-0.15, -0.1) is 0 Å². The minimum Gasteiger partial charge on any atom is -0.253 e. The molecule has 0 amide bonds. The zero-order chi connectivity index (χ0) is 13.3. The molecule has 2 atom stereocenters. The second-order valence-electron chi connectivity index (χ2n) is 4.03. The molecule has 1 aromatic rings. The highest BCUT2D eigenvalue weighted by Crippen LogP contribution is 2.35. The molecular formula is C11H12F3N2P. The van der Waals surface area contributed by atoms with Gasteiger partial charge in [0, 0.05) is 12.5 Å². The highest BCUT2D eigenvalue weighted by molar-refractivity contribution is 7.18. The van der Waals surface area contributed by atoms with Crippen molar-refractivity contribution in [2.75, 3.05) is 0 Å². The van der Waals surface area contributed by atoms with Gasteiger partial charge in [0.05, 0.1) is 23.9 Å². The number of hydrogen-bond donors (Lipinski definition) is 0. The van der Waals surface area contributed by atoms with Crippen LogP contribution in [0.2, 0.25) is 0 Å². The van der Waals surface area contributed by atoms with E-state index >= 15 is 0 Å². The van der Waals surface area contributed by atoms with E-state index in [2.05, 4.69) is 4.98 Å². The molecule has 2 unspecified atom stereocenters. The van der Waals surface area contributed by atoms with Crippen LogP contribution >= 0.6 is 9.24 Å². The third kappa shape index (κ3) is 3.67. The van der Waals surface area contributed by atoms with Gasteiger partial charge in [0.2, 0.25) is 0 Å². The van der Waals surface area contributed by atoms with Crippen molar-refractivity contribution in [2.24, 2.45) is 0 Å². The number of nitrogens with zero attached hydrogens (tertiary/aromatic N) is 2. The summed E-state index contributed by atoms with van der Waals surface area (Å²) in [6, 6.07) is 3.95. The monoisotopic (exact) mass is 260 g/mol. The van der Waals surface area contributed by atoms with Crippen molar-refractivity contribution in [2.45, 2.75) is 31.6 Å². The standard InChI is InChI=1S/C11H12F3N2P/c1-10(12,13)7-5-8(3-4-15)16-9(6-7)11(2,14)17/h5-6H,3,17H2,1-2H3. The second kappa shape index (κ2) is 4.62. The third-order valence-corrected chi connectivity index (χ3v) is 2.44. The van der Waals surface area contributed by atoms with Gasteiger partial charge >= 0.3 is 0 Å². The van der Waals surface area contributed by atoms with E-state index in [0.29, 0.717) is 0 Å². The van der Waals surface area contributed by atoms with Crippen molar-refractivity contribution in [3.63, 3.8) is 0 Å². The fourth-order valence-corrected chi connectivity index (χ4v) is 1.41. The number of aromatic nitrogens is 1. The average molecular weight is 260 g/mol. The molecule has 0 aliphatic carbocycles. The molecule has 1 heterocycles. The molecule has 0 saturated carbocycles. The molecule has 17 heavy (non-hydrogen) atoms. The number of hydrogen-bond acceptors (Lipinski definition) is 2. The molecule has 92 valence electrons. The highest BCUT2D eigenvalue weighted by atomic mass is 31.0. The summed E-state index contributed by atoms with van der Waals surface area (Å²) in [6.07, 6.45) is -0.127. The quantitative estimate of drug-likeness (QED) is 0.782. The predicted octanol–water partition coefficient (Wildman–Crippen LogP) is 3.28. The first-order chi connectivity index (χ1) is 7.64. The molecular weight excluding hydrogens is 248 g/mol. The van der Waals surface area contributed by atoms with Crippen LogP contribution in [0.15, 0.2) is 12.1 Å². The Morgan fingerprint density at radius 1 is 1.35 bits per heavy atom. The zero-order valence-electron chi connectivity index (χ0n) is 9.47. The number of pyridine rings is 1. The van der Waals surface area contributed by atoms with Crippen molar-refractivity contribution in [3.05, 3.63) is 29.1 Å². The van der Waals surface area contributed by atoms with Gasteiger partial charge in [-0.2, -0.15) is 5.26 Å². The van der Waals surface area contributed by atoms with Crippen LogP contribution in [0.3, 0.4) is 0 Å². The van der Waals surface area contributed by atoms with Gasteiger partial charge < -0.3 is 0 Å². The van der Waals surface area contributed by atoms with Crippen LogP contribution in [0, 0.1) is 11.3 Å². The molecule has 0 fully saturated rings. The normalized spacial score (nSPS) is 15.1. The van der Waals surface area contributed by atoms with Crippen LogP contribution in [0.5, 0.6) is 0 Å². The molecule has 0 aliphatic heterocycles. The van der Waals surface area contributed by atoms with E-state index in [4.69, 9.17) is 5.26 Å². The molecule has 0 bridgehead atoms. The van der Waals surface area contributed by atoms with Gasteiger partial charge in [-0.25, -0.2) is 13.2 Å². The zero-order valence-corrected chi connectivity index (χ0v) is 10.6. The maximum atomic E-state index is 13.7. The van der Waals surface area contributed by atoms with Crippen LogP contribution in [-0.2, 0) is 17.8 Å². The average Bonchev–Trinajstić information content (AvgIpc) is 2.15. The van der Waals surface area contributed by atoms with E-state index in [9.17, 15) is 13.2 Å². The lowest BCUT2D eigenvalue weighted by Crippen LogP contribution is -2.14. The lowest BCUT2D eigenvalue weighted by molar-refractivity contribution is 0.0171. The SMILES string of the molecule is CC(F)(F)c1cc(CC#N)nc(C(C)(F)P)c1. The van der Waals surface area contributed by atoms with E-state index in [0.717, 1.165) is 19.1 Å². The first kappa shape index (κ1) is 13.9. The van der Waals surface area contributed by atoms with E-state index in [1.165, 1.54) is 6.92 Å². The Bertz CT molecular complexity index is 423. The first-order valence-electron chi connectivity index (χ1n) is 4.89. The van der Waals surface area contributed by atoms with Crippen molar-refractivity contribution >= 4 is 9.24 Å². The smallest absolute Gasteiger partial charge is 0.253 e. The first-order valence-corrected chi connectivity index (χ1v) is 5.47. The van der Waals surface area contributed by atoms with Crippen molar-refractivity contribution in [1.29, 1.82) is 5.26 Å². The summed E-state index contributed by atoms with van der Waals surface area (Å²) in [7, 11) is 1.90. The fourth-order valence-electron chi connectivity index (χ4n) is 1.26. The summed E-state index contributed by atoms with van der Waals surface area (Å²) >= 11 is 0. The summed E-state index contributed by atoms with van der Waals surface area (Å²) < 4.78 is 40.1. The largest absolute Gasteiger partial charge is 0.270 e. The van der Waals surface area contributed by atoms with Gasteiger partial charge in [0.15, 0.2) is 5.41 Å². The predicted molar refractivity (Wildman–Crippen MR) is 61.3 cm³/mol. The fraction of sp³-hybridized carbons (Fsp3) is 0.455. The minimum atomic E-state index is -3.09. The second-order valence-corrected chi connectivity index (χ2v) is 5.12. The van der Waals surface area contributed by atoms with Gasteiger partial charge in [0.1, 0.15) is 0 Å². The van der Waals surface area contributed by atoms with Crippen LogP contribution in [0.1, 0.15) is 30.8 Å². The minimum absolute atomic E-state index is 0.119. The molecule has 0 saturated heterocycles. The van der Waals surface area contributed by atoms with Crippen molar-refractivity contribution < 1.29 is 13.2 Å². The summed E-state index contributed by atoms with van der Waals surface area (Å²) in [6.45, 7) is 1.92. The third-order valence-electron chi connectivity index (χ3n) is 2.15. The van der Waals surface area contributed by atoms with Crippen LogP contribution < -0.4 is 0 Å². The van der Waals surface area contributed by atoms with Crippen molar-refractivity contribution in [1.82, 2.24) is 4.98 Å². The van der Waals surface area contributed by atoms with Crippen LogP contribution in [0.25, 0.3) is 0 Å². The molecule has 6 heteroatoms. The van der Waals surface area contributed by atoms with Gasteiger partial charge in [-0.1, -0.05) is 9.24 Å². The molecule has 0 radical (unpaired) electrons. The topological polar surface area (TPSA) is 36.7 Å². The van der Waals surface area contributed by atoms with Crippen LogP contribution in [-0.4, -0.2) is 4.98 Å². The summed E-state index contributed by atoms with van der Waals surface area (Å²) in [4.78, 5) is 3.86. The summed E-state index contributed by atoms with van der Waals surface area (Å²) in [5.41, 5.74) is -0.307. The maximum absolute atomic E-state index is 13.7. The Hall–Kier alpha value is -1.14. The summed E-state index contributed by atoms with van der Waals surface area (Å²) in [5, 5.41) is 6.63. The number of rotatable bonds is 3. The maximum Gasteiger partial charge on any atom is 0.270 e. The molecule has 0 aliphatic rings. The number of halogens is 3. The Balaban J connectivity index is 3.35.